The summed E-state index contributed by atoms with van der Waals surface area (Å²) in [5.41, 5.74) is 2.52. The summed E-state index contributed by atoms with van der Waals surface area (Å²) in [6.07, 6.45) is 11.1. The van der Waals surface area contributed by atoms with Gasteiger partial charge in [-0.1, -0.05) is 25.3 Å². The van der Waals surface area contributed by atoms with Gasteiger partial charge in [0.2, 0.25) is 0 Å². The summed E-state index contributed by atoms with van der Waals surface area (Å²) in [4.78, 5) is 48.0. The number of aliphatic hydroxyl groups is 1. The molecule has 10 nitrogen and oxygen atoms in total. The second-order valence-corrected chi connectivity index (χ2v) is 13.4. The van der Waals surface area contributed by atoms with Crippen molar-refractivity contribution in [3.8, 4) is 17.2 Å². The zero-order chi connectivity index (χ0) is 40.0. The molecule has 1 N–H and O–H groups in total. The Hall–Kier alpha value is -5.88. The molecule has 2 bridgehead atoms. The highest BCUT2D eigenvalue weighted by atomic mass is 19.1. The highest BCUT2D eigenvalue weighted by molar-refractivity contribution is 5.90. The van der Waals surface area contributed by atoms with Crippen LogP contribution in [-0.2, 0) is 35.1 Å². The van der Waals surface area contributed by atoms with Crippen molar-refractivity contribution in [2.45, 2.75) is 69.3 Å². The first-order valence-electron chi connectivity index (χ1n) is 18.5. The second-order valence-electron chi connectivity index (χ2n) is 13.4. The van der Waals surface area contributed by atoms with Gasteiger partial charge in [-0.2, -0.15) is 0 Å². The fourth-order valence-electron chi connectivity index (χ4n) is 6.84. The molecule has 0 saturated heterocycles. The van der Waals surface area contributed by atoms with Crippen LogP contribution in [0.15, 0.2) is 86.0 Å². The van der Waals surface area contributed by atoms with E-state index in [9.17, 15) is 33.1 Å². The summed E-state index contributed by atoms with van der Waals surface area (Å²) in [5.74, 6) is -2.31. The van der Waals surface area contributed by atoms with E-state index in [0.717, 1.165) is 54.7 Å². The van der Waals surface area contributed by atoms with E-state index in [1.807, 2.05) is 0 Å². The van der Waals surface area contributed by atoms with Crippen LogP contribution in [0.25, 0.3) is 12.2 Å². The molecule has 0 aliphatic heterocycles. The number of ether oxygens (including phenoxy) is 5. The topological polar surface area (TPSA) is 135 Å². The van der Waals surface area contributed by atoms with Crippen LogP contribution in [0, 0.1) is 11.6 Å². The van der Waals surface area contributed by atoms with Crippen LogP contribution in [0.5, 0.6) is 17.2 Å². The molecular weight excluding hydrogens is 726 g/mol. The number of benzene rings is 3. The highest BCUT2D eigenvalue weighted by Gasteiger charge is 2.42. The maximum atomic E-state index is 14.9. The number of esters is 4. The second kappa shape index (κ2) is 20.2. The van der Waals surface area contributed by atoms with Crippen molar-refractivity contribution in [2.75, 3.05) is 19.8 Å². The van der Waals surface area contributed by atoms with Crippen LogP contribution in [0.2, 0.25) is 0 Å². The third-order valence-electron chi connectivity index (χ3n) is 9.49. The van der Waals surface area contributed by atoms with Gasteiger partial charge < -0.3 is 28.8 Å². The van der Waals surface area contributed by atoms with Crippen LogP contribution in [-0.4, -0.2) is 54.9 Å². The van der Waals surface area contributed by atoms with Gasteiger partial charge in [-0.3, -0.25) is 0 Å². The molecular formula is C44H44F2O10. The molecule has 5 rings (SSSR count). The summed E-state index contributed by atoms with van der Waals surface area (Å²) >= 11 is 0. The van der Waals surface area contributed by atoms with E-state index >= 15 is 0 Å². The number of halogens is 2. The number of carbonyl (C=O) groups excluding carboxylic acids is 4. The molecule has 0 amide bonds. The van der Waals surface area contributed by atoms with Crippen molar-refractivity contribution in [2.24, 2.45) is 0 Å². The van der Waals surface area contributed by atoms with Crippen LogP contribution in [0.1, 0.15) is 84.6 Å². The van der Waals surface area contributed by atoms with Gasteiger partial charge in [0.15, 0.2) is 0 Å². The van der Waals surface area contributed by atoms with Gasteiger partial charge in [-0.25, -0.2) is 28.0 Å². The zero-order valence-electron chi connectivity index (χ0n) is 30.9. The van der Waals surface area contributed by atoms with Gasteiger partial charge in [0.1, 0.15) is 28.9 Å². The zero-order valence-corrected chi connectivity index (χ0v) is 30.9. The van der Waals surface area contributed by atoms with Crippen molar-refractivity contribution < 1.29 is 56.7 Å². The summed E-state index contributed by atoms with van der Waals surface area (Å²) in [5, 5.41) is 10.3. The summed E-state index contributed by atoms with van der Waals surface area (Å²) in [6, 6.07) is 11.9. The smallest absolute Gasteiger partial charge is 0.336 e. The van der Waals surface area contributed by atoms with Crippen LogP contribution in [0.4, 0.5) is 8.78 Å². The van der Waals surface area contributed by atoms with E-state index in [1.165, 1.54) is 36.4 Å². The third-order valence-corrected chi connectivity index (χ3v) is 9.49. The number of hydrogen-bond acceptors (Lipinski definition) is 10. The van der Waals surface area contributed by atoms with Crippen LogP contribution < -0.4 is 14.2 Å². The lowest BCUT2D eigenvalue weighted by Crippen LogP contribution is -2.12. The molecule has 56 heavy (non-hydrogen) atoms. The monoisotopic (exact) mass is 770 g/mol. The van der Waals surface area contributed by atoms with E-state index in [1.54, 1.807) is 24.3 Å². The summed E-state index contributed by atoms with van der Waals surface area (Å²) in [6.45, 7) is 7.34. The van der Waals surface area contributed by atoms with Gasteiger partial charge in [-0.05, 0) is 111 Å². The SMILES string of the molecule is C=CC(=O)OCCCCOc1ccc(/C=C/C(=O)Oc2ccc(OC(=O)/C=C/c3ccc(CC(O)CCCOC(=O)C=C)cc3F)c3c2C2CCC3C2)c(F)c1. The lowest BCUT2D eigenvalue weighted by atomic mass is 9.90. The highest BCUT2D eigenvalue weighted by Crippen LogP contribution is 2.58. The normalized spacial score (nSPS) is 16.0. The molecule has 12 heteroatoms. The van der Waals surface area contributed by atoms with Gasteiger partial charge in [0.25, 0.3) is 0 Å². The first-order chi connectivity index (χ1) is 27.0. The quantitative estimate of drug-likeness (QED) is 0.0524. The number of carbonyl (C=O) groups is 4. The minimum Gasteiger partial charge on any atom is -0.493 e. The molecule has 3 atom stereocenters. The third kappa shape index (κ3) is 11.6. The minimum atomic E-state index is -0.752. The first kappa shape index (κ1) is 41.3. The van der Waals surface area contributed by atoms with E-state index in [4.69, 9.17) is 23.7 Å². The molecule has 3 aromatic rings. The fourth-order valence-corrected chi connectivity index (χ4v) is 6.84. The molecule has 1 saturated carbocycles. The Balaban J connectivity index is 1.14. The molecule has 3 unspecified atom stereocenters. The van der Waals surface area contributed by atoms with E-state index in [0.29, 0.717) is 55.1 Å². The minimum absolute atomic E-state index is 0.128. The van der Waals surface area contributed by atoms with Gasteiger partial charge in [0, 0.05) is 52.6 Å². The average Bonchev–Trinajstić information content (AvgIpc) is 3.81. The Labute approximate surface area is 324 Å². The lowest BCUT2D eigenvalue weighted by Gasteiger charge is -2.21. The largest absolute Gasteiger partial charge is 0.493 e. The van der Waals surface area contributed by atoms with Gasteiger partial charge in [-0.15, -0.1) is 0 Å². The Kier molecular flexibility index (Phi) is 14.9. The molecule has 1 fully saturated rings. The molecule has 2 aliphatic carbocycles. The van der Waals surface area contributed by atoms with Crippen LogP contribution in [0.3, 0.4) is 0 Å². The molecule has 0 aromatic heterocycles. The maximum Gasteiger partial charge on any atom is 0.336 e. The van der Waals surface area contributed by atoms with Crippen molar-refractivity contribution in [3.05, 3.63) is 125 Å². The fraction of sp³-hybridized carbons (Fsp3) is 0.318. The van der Waals surface area contributed by atoms with Crippen molar-refractivity contribution >= 4 is 36.0 Å². The average molecular weight is 771 g/mol. The molecule has 0 radical (unpaired) electrons. The molecule has 0 heterocycles. The predicted molar refractivity (Wildman–Crippen MR) is 204 cm³/mol. The van der Waals surface area contributed by atoms with Crippen molar-refractivity contribution in [3.63, 3.8) is 0 Å². The molecule has 3 aromatic carbocycles. The van der Waals surface area contributed by atoms with E-state index in [-0.39, 0.29) is 42.6 Å². The first-order valence-corrected chi connectivity index (χ1v) is 18.5. The molecule has 0 spiro atoms. The number of aliphatic hydroxyl groups excluding tert-OH is 1. The van der Waals surface area contributed by atoms with Gasteiger partial charge >= 0.3 is 23.9 Å². The number of hydrogen-bond donors (Lipinski definition) is 1. The lowest BCUT2D eigenvalue weighted by molar-refractivity contribution is -0.138. The van der Waals surface area contributed by atoms with Crippen molar-refractivity contribution in [1.29, 1.82) is 0 Å². The maximum absolute atomic E-state index is 14.9. The summed E-state index contributed by atoms with van der Waals surface area (Å²) in [7, 11) is 0. The predicted octanol–water partition coefficient (Wildman–Crippen LogP) is 7.87. The Morgan fingerprint density at radius 2 is 1.25 bits per heavy atom. The number of fused-ring (bicyclic) bond motifs is 5. The number of unbranched alkanes of at least 4 members (excludes halogenated alkanes) is 1. The van der Waals surface area contributed by atoms with Crippen LogP contribution >= 0.6 is 0 Å². The van der Waals surface area contributed by atoms with Crippen molar-refractivity contribution in [1.82, 2.24) is 0 Å². The Bertz CT molecular complexity index is 2000. The number of rotatable bonds is 20. The standard InChI is InChI=1S/C44H44F2O10/c1-3-39(48)53-22-6-5-21-52-34-16-13-30(36(46)27-34)15-20-42(51)56-38-18-17-37(43-31-11-12-32(26-31)44(38)43)55-41(50)19-14-29-10-9-28(25-35(29)45)24-33(47)8-7-23-54-40(49)4-2/h3-4,9-10,13-20,25,27,31-33,47H,1-2,5-8,11-12,21-24,26H2/b19-14+,20-15+. The molecule has 294 valence electrons. The Morgan fingerprint density at radius 1 is 0.714 bits per heavy atom. The van der Waals surface area contributed by atoms with E-state index < -0.39 is 41.6 Å². The Morgan fingerprint density at radius 3 is 1.80 bits per heavy atom. The summed E-state index contributed by atoms with van der Waals surface area (Å²) < 4.78 is 56.5. The van der Waals surface area contributed by atoms with E-state index in [2.05, 4.69) is 13.2 Å². The molecule has 2 aliphatic rings. The van der Waals surface area contributed by atoms with Gasteiger partial charge in [0.05, 0.1) is 25.9 Å².